The molecule has 1 aliphatic heterocycles. The standard InChI is InChI=1S/C13H21N3O4/c1-4-9(17)15-10(13(2,3)20)12(19)16-7-5-6-8(16)11(14)18/h4,8,10,20H,1,5-7H2,2-3H3,(H2,14,18)(H,15,17). The van der Waals surface area contributed by atoms with Gasteiger partial charge in [-0.1, -0.05) is 6.58 Å². The molecule has 0 saturated carbocycles. The summed E-state index contributed by atoms with van der Waals surface area (Å²) in [5, 5.41) is 12.5. The number of likely N-dealkylation sites (tertiary alicyclic amines) is 1. The Kier molecular flexibility index (Phi) is 4.88. The quantitative estimate of drug-likeness (QED) is 0.556. The molecule has 1 saturated heterocycles. The lowest BCUT2D eigenvalue weighted by atomic mass is 9.97. The summed E-state index contributed by atoms with van der Waals surface area (Å²) in [5.41, 5.74) is 3.79. The van der Waals surface area contributed by atoms with Crippen molar-refractivity contribution in [2.45, 2.75) is 44.4 Å². The highest BCUT2D eigenvalue weighted by Crippen LogP contribution is 2.21. The van der Waals surface area contributed by atoms with Crippen molar-refractivity contribution in [1.82, 2.24) is 10.2 Å². The molecule has 3 amide bonds. The van der Waals surface area contributed by atoms with Crippen LogP contribution in [-0.2, 0) is 14.4 Å². The zero-order valence-corrected chi connectivity index (χ0v) is 11.8. The third-order valence-electron chi connectivity index (χ3n) is 3.29. The Morgan fingerprint density at radius 2 is 2.10 bits per heavy atom. The molecule has 7 nitrogen and oxygen atoms in total. The topological polar surface area (TPSA) is 113 Å². The lowest BCUT2D eigenvalue weighted by Gasteiger charge is -2.33. The Labute approximate surface area is 117 Å². The van der Waals surface area contributed by atoms with E-state index in [1.807, 2.05) is 0 Å². The molecule has 1 fully saturated rings. The monoisotopic (exact) mass is 283 g/mol. The molecule has 0 spiro atoms. The van der Waals surface area contributed by atoms with Crippen LogP contribution in [0, 0.1) is 0 Å². The fourth-order valence-corrected chi connectivity index (χ4v) is 2.23. The summed E-state index contributed by atoms with van der Waals surface area (Å²) in [6, 6.07) is -1.85. The van der Waals surface area contributed by atoms with E-state index in [1.165, 1.54) is 18.7 Å². The first-order chi connectivity index (χ1) is 9.18. The van der Waals surface area contributed by atoms with Crippen LogP contribution in [0.3, 0.4) is 0 Å². The molecule has 1 aliphatic rings. The van der Waals surface area contributed by atoms with E-state index >= 15 is 0 Å². The molecule has 0 radical (unpaired) electrons. The summed E-state index contributed by atoms with van der Waals surface area (Å²) in [7, 11) is 0. The van der Waals surface area contributed by atoms with Crippen molar-refractivity contribution in [3.63, 3.8) is 0 Å². The van der Waals surface area contributed by atoms with Gasteiger partial charge in [-0.25, -0.2) is 0 Å². The van der Waals surface area contributed by atoms with Crippen molar-refractivity contribution in [1.29, 1.82) is 0 Å². The molecular formula is C13H21N3O4. The van der Waals surface area contributed by atoms with E-state index in [1.54, 1.807) is 0 Å². The summed E-state index contributed by atoms with van der Waals surface area (Å²) in [6.45, 7) is 6.50. The number of primary amides is 1. The Hall–Kier alpha value is -1.89. The van der Waals surface area contributed by atoms with Crippen LogP contribution in [0.5, 0.6) is 0 Å². The Balaban J connectivity index is 2.96. The van der Waals surface area contributed by atoms with Gasteiger partial charge in [0.05, 0.1) is 5.60 Å². The van der Waals surface area contributed by atoms with Gasteiger partial charge in [-0.3, -0.25) is 14.4 Å². The molecule has 7 heteroatoms. The smallest absolute Gasteiger partial charge is 0.248 e. The maximum absolute atomic E-state index is 12.5. The first-order valence-electron chi connectivity index (χ1n) is 6.43. The minimum absolute atomic E-state index is 0.378. The highest BCUT2D eigenvalue weighted by Gasteiger charge is 2.42. The number of hydrogen-bond donors (Lipinski definition) is 3. The maximum Gasteiger partial charge on any atom is 0.248 e. The number of rotatable bonds is 5. The molecule has 0 bridgehead atoms. The number of aliphatic hydroxyl groups is 1. The minimum Gasteiger partial charge on any atom is -0.388 e. The van der Waals surface area contributed by atoms with Gasteiger partial charge in [-0.2, -0.15) is 0 Å². The molecule has 0 aromatic carbocycles. The lowest BCUT2D eigenvalue weighted by molar-refractivity contribution is -0.145. The van der Waals surface area contributed by atoms with Gasteiger partial charge in [-0.15, -0.1) is 0 Å². The van der Waals surface area contributed by atoms with Gasteiger partial charge in [0.15, 0.2) is 0 Å². The lowest BCUT2D eigenvalue weighted by Crippen LogP contribution is -2.60. The zero-order valence-electron chi connectivity index (χ0n) is 11.8. The average molecular weight is 283 g/mol. The van der Waals surface area contributed by atoms with Crippen LogP contribution < -0.4 is 11.1 Å². The normalized spacial score (nSPS) is 20.4. The van der Waals surface area contributed by atoms with Crippen LogP contribution in [0.2, 0.25) is 0 Å². The van der Waals surface area contributed by atoms with Gasteiger partial charge in [0.1, 0.15) is 12.1 Å². The number of nitrogens with zero attached hydrogens (tertiary/aromatic N) is 1. The Bertz CT molecular complexity index is 428. The number of nitrogens with one attached hydrogen (secondary N) is 1. The van der Waals surface area contributed by atoms with Crippen molar-refractivity contribution < 1.29 is 19.5 Å². The third kappa shape index (κ3) is 3.57. The highest BCUT2D eigenvalue weighted by molar-refractivity contribution is 5.95. The second kappa shape index (κ2) is 6.04. The highest BCUT2D eigenvalue weighted by atomic mass is 16.3. The summed E-state index contributed by atoms with van der Waals surface area (Å²) in [6.07, 6.45) is 2.17. The SMILES string of the molecule is C=CC(=O)NC(C(=O)N1CCCC1C(N)=O)C(C)(C)O. The van der Waals surface area contributed by atoms with Gasteiger partial charge < -0.3 is 21.1 Å². The van der Waals surface area contributed by atoms with E-state index in [4.69, 9.17) is 5.73 Å². The van der Waals surface area contributed by atoms with Gasteiger partial charge in [-0.05, 0) is 32.8 Å². The van der Waals surface area contributed by atoms with Crippen molar-refractivity contribution >= 4 is 17.7 Å². The van der Waals surface area contributed by atoms with Crippen LogP contribution >= 0.6 is 0 Å². The van der Waals surface area contributed by atoms with Gasteiger partial charge in [0.2, 0.25) is 17.7 Å². The molecule has 1 heterocycles. The number of nitrogens with two attached hydrogens (primary N) is 1. The van der Waals surface area contributed by atoms with Gasteiger partial charge in [0.25, 0.3) is 0 Å². The number of amides is 3. The molecule has 2 atom stereocenters. The molecular weight excluding hydrogens is 262 g/mol. The van der Waals surface area contributed by atoms with Gasteiger partial charge in [0, 0.05) is 6.54 Å². The minimum atomic E-state index is -1.47. The predicted octanol–water partition coefficient (Wildman–Crippen LogP) is -1.10. The van der Waals surface area contributed by atoms with Crippen LogP contribution in [0.25, 0.3) is 0 Å². The van der Waals surface area contributed by atoms with Gasteiger partial charge >= 0.3 is 0 Å². The average Bonchev–Trinajstić information content (AvgIpc) is 2.82. The van der Waals surface area contributed by atoms with Crippen molar-refractivity contribution in [2.75, 3.05) is 6.54 Å². The second-order valence-corrected chi connectivity index (χ2v) is 5.39. The molecule has 1 rings (SSSR count). The maximum atomic E-state index is 12.5. The van der Waals surface area contributed by atoms with Crippen LogP contribution in [0.1, 0.15) is 26.7 Å². The first kappa shape index (κ1) is 16.2. The summed E-state index contributed by atoms with van der Waals surface area (Å²) >= 11 is 0. The number of hydrogen-bond acceptors (Lipinski definition) is 4. The number of carbonyl (C=O) groups is 3. The summed E-state index contributed by atoms with van der Waals surface area (Å²) < 4.78 is 0. The van der Waals surface area contributed by atoms with E-state index in [-0.39, 0.29) is 0 Å². The molecule has 0 aromatic heterocycles. The Morgan fingerprint density at radius 1 is 1.50 bits per heavy atom. The molecule has 20 heavy (non-hydrogen) atoms. The van der Waals surface area contributed by atoms with E-state index in [2.05, 4.69) is 11.9 Å². The fraction of sp³-hybridized carbons (Fsp3) is 0.615. The molecule has 2 unspecified atom stereocenters. The van der Waals surface area contributed by atoms with Crippen molar-refractivity contribution in [2.24, 2.45) is 5.73 Å². The van der Waals surface area contributed by atoms with Crippen LogP contribution in [-0.4, -0.2) is 52.0 Å². The van der Waals surface area contributed by atoms with Crippen LogP contribution in [0.15, 0.2) is 12.7 Å². The van der Waals surface area contributed by atoms with Crippen LogP contribution in [0.4, 0.5) is 0 Å². The fourth-order valence-electron chi connectivity index (χ4n) is 2.23. The molecule has 0 aliphatic carbocycles. The van der Waals surface area contributed by atoms with E-state index in [9.17, 15) is 19.5 Å². The largest absolute Gasteiger partial charge is 0.388 e. The molecule has 112 valence electrons. The van der Waals surface area contributed by atoms with E-state index < -0.39 is 35.4 Å². The first-order valence-corrected chi connectivity index (χ1v) is 6.43. The third-order valence-corrected chi connectivity index (χ3v) is 3.29. The van der Waals surface area contributed by atoms with Crippen molar-refractivity contribution in [3.8, 4) is 0 Å². The summed E-state index contributed by atoms with van der Waals surface area (Å²) in [5.74, 6) is -1.67. The number of carbonyl (C=O) groups excluding carboxylic acids is 3. The predicted molar refractivity (Wildman–Crippen MR) is 72.4 cm³/mol. The molecule has 4 N–H and O–H groups in total. The molecule has 0 aromatic rings. The van der Waals surface area contributed by atoms with E-state index in [0.717, 1.165) is 6.08 Å². The summed E-state index contributed by atoms with van der Waals surface area (Å²) in [4.78, 5) is 36.5. The Morgan fingerprint density at radius 3 is 2.55 bits per heavy atom. The van der Waals surface area contributed by atoms with Crippen molar-refractivity contribution in [3.05, 3.63) is 12.7 Å². The second-order valence-electron chi connectivity index (χ2n) is 5.39. The zero-order chi connectivity index (χ0) is 15.5. The van der Waals surface area contributed by atoms with E-state index in [0.29, 0.717) is 19.4 Å².